The predicted octanol–water partition coefficient (Wildman–Crippen LogP) is 4.84. The van der Waals surface area contributed by atoms with Crippen molar-refractivity contribution in [1.82, 2.24) is 9.88 Å². The standard InChI is InChI=1S/C27H25N3O2/c31-27(32)23-19-25(28-24-14-8-7-13-22(23)24)29-15-17-30(18-16-29)26(20-9-3-1-4-10-20)21-11-5-2-6-12-21/h1-14,19,26H,15-18H2,(H,31,32). The maximum absolute atomic E-state index is 11.9. The van der Waals surface area contributed by atoms with Crippen molar-refractivity contribution >= 4 is 22.7 Å². The number of aromatic carboxylic acids is 1. The Morgan fingerprint density at radius 3 is 1.94 bits per heavy atom. The highest BCUT2D eigenvalue weighted by Gasteiger charge is 2.27. The number of hydrogen-bond acceptors (Lipinski definition) is 4. The van der Waals surface area contributed by atoms with E-state index in [4.69, 9.17) is 4.98 Å². The van der Waals surface area contributed by atoms with E-state index in [0.29, 0.717) is 10.9 Å². The minimum atomic E-state index is -0.920. The lowest BCUT2D eigenvalue weighted by Gasteiger charge is -2.40. The summed E-state index contributed by atoms with van der Waals surface area (Å²) in [6.07, 6.45) is 0. The fourth-order valence-electron chi connectivity index (χ4n) is 4.59. The highest BCUT2D eigenvalue weighted by molar-refractivity contribution is 6.03. The van der Waals surface area contributed by atoms with Gasteiger partial charge in [0.25, 0.3) is 0 Å². The third-order valence-corrected chi connectivity index (χ3v) is 6.17. The number of fused-ring (bicyclic) bond motifs is 1. The number of aromatic nitrogens is 1. The quantitative estimate of drug-likeness (QED) is 0.498. The summed E-state index contributed by atoms with van der Waals surface area (Å²) in [6.45, 7) is 3.32. The highest BCUT2D eigenvalue weighted by Crippen LogP contribution is 2.31. The van der Waals surface area contributed by atoms with E-state index in [1.807, 2.05) is 24.3 Å². The summed E-state index contributed by atoms with van der Waals surface area (Å²) >= 11 is 0. The first-order chi connectivity index (χ1) is 15.7. The van der Waals surface area contributed by atoms with Crippen LogP contribution < -0.4 is 4.90 Å². The Balaban J connectivity index is 1.41. The second-order valence-electron chi connectivity index (χ2n) is 8.10. The molecule has 1 saturated heterocycles. The average molecular weight is 424 g/mol. The van der Waals surface area contributed by atoms with Crippen LogP contribution in [-0.4, -0.2) is 47.1 Å². The van der Waals surface area contributed by atoms with Gasteiger partial charge in [-0.3, -0.25) is 4.90 Å². The lowest BCUT2D eigenvalue weighted by molar-refractivity contribution is 0.0699. The van der Waals surface area contributed by atoms with Crippen molar-refractivity contribution in [2.24, 2.45) is 0 Å². The topological polar surface area (TPSA) is 56.7 Å². The van der Waals surface area contributed by atoms with Gasteiger partial charge in [-0.1, -0.05) is 78.9 Å². The number of carbonyl (C=O) groups is 1. The van der Waals surface area contributed by atoms with Gasteiger partial charge in [0.2, 0.25) is 0 Å². The van der Waals surface area contributed by atoms with Crippen LogP contribution in [0.15, 0.2) is 91.0 Å². The molecule has 3 aromatic carbocycles. The van der Waals surface area contributed by atoms with Gasteiger partial charge in [0.15, 0.2) is 0 Å². The Morgan fingerprint density at radius 2 is 1.34 bits per heavy atom. The molecule has 0 saturated carbocycles. The number of carboxylic acid groups (broad SMARTS) is 1. The van der Waals surface area contributed by atoms with Gasteiger partial charge in [-0.2, -0.15) is 0 Å². The van der Waals surface area contributed by atoms with Crippen LogP contribution in [0.4, 0.5) is 5.82 Å². The van der Waals surface area contributed by atoms with Crippen LogP contribution in [0, 0.1) is 0 Å². The molecule has 2 heterocycles. The van der Waals surface area contributed by atoms with E-state index in [9.17, 15) is 9.90 Å². The van der Waals surface area contributed by atoms with E-state index in [-0.39, 0.29) is 6.04 Å². The molecule has 5 heteroatoms. The Morgan fingerprint density at radius 1 is 0.781 bits per heavy atom. The zero-order chi connectivity index (χ0) is 21.9. The molecule has 0 bridgehead atoms. The first-order valence-corrected chi connectivity index (χ1v) is 10.9. The molecule has 0 spiro atoms. The maximum atomic E-state index is 11.9. The molecule has 0 amide bonds. The molecule has 160 valence electrons. The number of benzene rings is 3. The minimum absolute atomic E-state index is 0.193. The number of hydrogen-bond donors (Lipinski definition) is 1. The van der Waals surface area contributed by atoms with E-state index >= 15 is 0 Å². The number of piperazine rings is 1. The van der Waals surface area contributed by atoms with E-state index in [2.05, 4.69) is 70.5 Å². The van der Waals surface area contributed by atoms with Gasteiger partial charge in [-0.25, -0.2) is 9.78 Å². The summed E-state index contributed by atoms with van der Waals surface area (Å²) in [7, 11) is 0. The molecule has 5 nitrogen and oxygen atoms in total. The molecule has 4 aromatic rings. The summed E-state index contributed by atoms with van der Waals surface area (Å²) in [5, 5.41) is 10.4. The van der Waals surface area contributed by atoms with Crippen LogP contribution in [-0.2, 0) is 0 Å². The van der Waals surface area contributed by atoms with E-state index < -0.39 is 5.97 Å². The van der Waals surface area contributed by atoms with E-state index in [0.717, 1.165) is 37.5 Å². The van der Waals surface area contributed by atoms with Crippen molar-refractivity contribution in [1.29, 1.82) is 0 Å². The van der Waals surface area contributed by atoms with Gasteiger partial charge >= 0.3 is 5.97 Å². The second kappa shape index (κ2) is 8.81. The van der Waals surface area contributed by atoms with Crippen molar-refractivity contribution in [3.05, 3.63) is 108 Å². The first-order valence-electron chi connectivity index (χ1n) is 10.9. The third kappa shape index (κ3) is 3.95. The number of nitrogens with zero attached hydrogens (tertiary/aromatic N) is 3. The minimum Gasteiger partial charge on any atom is -0.478 e. The van der Waals surface area contributed by atoms with Gasteiger partial charge in [0.1, 0.15) is 5.82 Å². The summed E-state index contributed by atoms with van der Waals surface area (Å²) < 4.78 is 0. The number of carboxylic acids is 1. The van der Waals surface area contributed by atoms with E-state index in [1.54, 1.807) is 6.07 Å². The Kier molecular flexibility index (Phi) is 5.57. The van der Waals surface area contributed by atoms with Crippen molar-refractivity contribution in [3.8, 4) is 0 Å². The normalized spacial score (nSPS) is 14.7. The smallest absolute Gasteiger partial charge is 0.336 e. The first kappa shape index (κ1) is 20.2. The van der Waals surface area contributed by atoms with Crippen LogP contribution in [0.25, 0.3) is 10.9 Å². The third-order valence-electron chi connectivity index (χ3n) is 6.17. The second-order valence-corrected chi connectivity index (χ2v) is 8.10. The van der Waals surface area contributed by atoms with Crippen LogP contribution in [0.3, 0.4) is 0 Å². The molecule has 1 N–H and O–H groups in total. The maximum Gasteiger partial charge on any atom is 0.336 e. The summed E-state index contributed by atoms with van der Waals surface area (Å²) in [5.41, 5.74) is 3.59. The van der Waals surface area contributed by atoms with Crippen LogP contribution >= 0.6 is 0 Å². The van der Waals surface area contributed by atoms with Crippen molar-refractivity contribution < 1.29 is 9.90 Å². The van der Waals surface area contributed by atoms with Gasteiger partial charge < -0.3 is 10.0 Å². The zero-order valence-electron chi connectivity index (χ0n) is 17.8. The summed E-state index contributed by atoms with van der Waals surface area (Å²) in [6, 6.07) is 30.6. The van der Waals surface area contributed by atoms with Crippen molar-refractivity contribution in [3.63, 3.8) is 0 Å². The Bertz CT molecular complexity index is 1180. The van der Waals surface area contributed by atoms with Gasteiger partial charge in [0, 0.05) is 31.6 Å². The number of pyridine rings is 1. The van der Waals surface area contributed by atoms with Gasteiger partial charge in [-0.05, 0) is 23.3 Å². The van der Waals surface area contributed by atoms with E-state index in [1.165, 1.54) is 11.1 Å². The monoisotopic (exact) mass is 423 g/mol. The zero-order valence-corrected chi connectivity index (χ0v) is 17.8. The number of anilines is 1. The largest absolute Gasteiger partial charge is 0.478 e. The molecule has 0 unspecified atom stereocenters. The van der Waals surface area contributed by atoms with Crippen molar-refractivity contribution in [2.75, 3.05) is 31.1 Å². The molecule has 5 rings (SSSR count). The van der Waals surface area contributed by atoms with Gasteiger partial charge in [-0.15, -0.1) is 0 Å². The fraction of sp³-hybridized carbons (Fsp3) is 0.185. The molecule has 0 aliphatic carbocycles. The SMILES string of the molecule is O=C(O)c1cc(N2CCN(C(c3ccccc3)c3ccccc3)CC2)nc2ccccc12. The predicted molar refractivity (Wildman–Crippen MR) is 127 cm³/mol. The molecule has 1 aliphatic heterocycles. The average Bonchev–Trinajstić information content (AvgIpc) is 2.85. The van der Waals surface area contributed by atoms with Crippen LogP contribution in [0.5, 0.6) is 0 Å². The van der Waals surface area contributed by atoms with Crippen molar-refractivity contribution in [2.45, 2.75) is 6.04 Å². The van der Waals surface area contributed by atoms with Gasteiger partial charge in [0.05, 0.1) is 17.1 Å². The van der Waals surface area contributed by atoms with Crippen LogP contribution in [0.1, 0.15) is 27.5 Å². The van der Waals surface area contributed by atoms with Crippen LogP contribution in [0.2, 0.25) is 0 Å². The molecule has 1 aliphatic rings. The molecule has 0 atom stereocenters. The highest BCUT2D eigenvalue weighted by atomic mass is 16.4. The number of para-hydroxylation sites is 1. The molecular formula is C27H25N3O2. The Hall–Kier alpha value is -3.70. The summed E-state index contributed by atoms with van der Waals surface area (Å²) in [5.74, 6) is -0.187. The molecule has 0 radical (unpaired) electrons. The summed E-state index contributed by atoms with van der Waals surface area (Å²) in [4.78, 5) is 21.3. The molecule has 32 heavy (non-hydrogen) atoms. The lowest BCUT2D eigenvalue weighted by atomic mass is 9.96. The Labute approximate surface area is 187 Å². The lowest BCUT2D eigenvalue weighted by Crippen LogP contribution is -2.48. The fourth-order valence-corrected chi connectivity index (χ4v) is 4.59. The number of rotatable bonds is 5. The molecular weight excluding hydrogens is 398 g/mol. The molecule has 1 aromatic heterocycles. The molecule has 1 fully saturated rings.